The van der Waals surface area contributed by atoms with Crippen molar-refractivity contribution in [3.8, 4) is 22.9 Å². The zero-order valence-corrected chi connectivity index (χ0v) is 11.5. The molecule has 1 unspecified atom stereocenters. The van der Waals surface area contributed by atoms with Crippen LogP contribution in [0.3, 0.4) is 0 Å². The summed E-state index contributed by atoms with van der Waals surface area (Å²) in [5, 5.41) is 9.83. The van der Waals surface area contributed by atoms with E-state index in [0.717, 1.165) is 28.9 Å². The second-order valence-corrected chi connectivity index (χ2v) is 5.19. The number of hydrogen-bond donors (Lipinski definition) is 1. The fraction of sp³-hybridized carbons (Fsp3) is 0.188. The average Bonchev–Trinajstić information content (AvgIpc) is 2.90. The number of fused-ring (bicyclic) bond motifs is 1. The van der Waals surface area contributed by atoms with Gasteiger partial charge >= 0.3 is 0 Å². The van der Waals surface area contributed by atoms with Crippen molar-refractivity contribution in [3.63, 3.8) is 0 Å². The summed E-state index contributed by atoms with van der Waals surface area (Å²) in [6.07, 6.45) is 0.707. The van der Waals surface area contributed by atoms with Crippen LogP contribution in [0.15, 0.2) is 36.4 Å². The lowest BCUT2D eigenvalue weighted by Gasteiger charge is -2.12. The summed E-state index contributed by atoms with van der Waals surface area (Å²) in [4.78, 5) is 0. The van der Waals surface area contributed by atoms with E-state index >= 15 is 0 Å². The van der Waals surface area contributed by atoms with Crippen LogP contribution in [0.2, 0.25) is 5.02 Å². The zero-order valence-electron chi connectivity index (χ0n) is 10.8. The first-order valence-electron chi connectivity index (χ1n) is 6.41. The molecule has 0 spiro atoms. The molecule has 0 fully saturated rings. The van der Waals surface area contributed by atoms with Gasteiger partial charge in [0.25, 0.3) is 0 Å². The fourth-order valence-corrected chi connectivity index (χ4v) is 2.75. The zero-order chi connectivity index (χ0) is 14.1. The molecule has 0 amide bonds. The Hall–Kier alpha value is -2.02. The third-order valence-electron chi connectivity index (χ3n) is 3.45. The number of rotatable bonds is 2. The van der Waals surface area contributed by atoms with E-state index in [9.17, 15) is 5.26 Å². The van der Waals surface area contributed by atoms with Crippen molar-refractivity contribution in [1.82, 2.24) is 0 Å². The average molecular weight is 285 g/mol. The highest BCUT2D eigenvalue weighted by Gasteiger charge is 2.26. The maximum atomic E-state index is 9.18. The number of halogens is 1. The van der Waals surface area contributed by atoms with E-state index in [1.54, 1.807) is 0 Å². The Morgan fingerprint density at radius 3 is 2.80 bits per heavy atom. The lowest BCUT2D eigenvalue weighted by molar-refractivity contribution is 0.242. The molecule has 0 bridgehead atoms. The standard InChI is InChI=1S/C16H13ClN2O/c17-15-4-2-1-3-13(15)14-6-10(8-18)5-11-7-12(9-19)20-16(11)14/h1-6,12H,7,9,19H2. The predicted octanol–water partition coefficient (Wildman–Crippen LogP) is 3.14. The molecule has 0 saturated carbocycles. The van der Waals surface area contributed by atoms with Gasteiger partial charge in [-0.15, -0.1) is 0 Å². The van der Waals surface area contributed by atoms with E-state index in [2.05, 4.69) is 6.07 Å². The van der Waals surface area contributed by atoms with Crippen molar-refractivity contribution in [2.45, 2.75) is 12.5 Å². The van der Waals surface area contributed by atoms with Gasteiger partial charge in [0.05, 0.1) is 11.6 Å². The van der Waals surface area contributed by atoms with Crippen molar-refractivity contribution < 1.29 is 4.74 Å². The van der Waals surface area contributed by atoms with Crippen LogP contribution in [0.25, 0.3) is 11.1 Å². The lowest BCUT2D eigenvalue weighted by atomic mass is 9.97. The molecule has 1 aliphatic heterocycles. The Balaban J connectivity index is 2.20. The van der Waals surface area contributed by atoms with Crippen LogP contribution in [-0.2, 0) is 6.42 Å². The molecule has 1 aliphatic rings. The normalized spacial score (nSPS) is 16.4. The minimum Gasteiger partial charge on any atom is -0.488 e. The topological polar surface area (TPSA) is 59.0 Å². The molecule has 2 aromatic carbocycles. The second kappa shape index (κ2) is 5.16. The molecule has 0 saturated heterocycles. The Kier molecular flexibility index (Phi) is 3.35. The van der Waals surface area contributed by atoms with Gasteiger partial charge in [0, 0.05) is 29.1 Å². The number of nitrogens with two attached hydrogens (primary N) is 1. The van der Waals surface area contributed by atoms with Gasteiger partial charge in [-0.2, -0.15) is 5.26 Å². The van der Waals surface area contributed by atoms with E-state index in [1.165, 1.54) is 0 Å². The molecule has 2 aromatic rings. The van der Waals surface area contributed by atoms with Gasteiger partial charge in [0.2, 0.25) is 0 Å². The molecule has 1 heterocycles. The number of benzene rings is 2. The number of nitriles is 1. The SMILES string of the molecule is N#Cc1cc2c(c(-c3ccccc3Cl)c1)OC(CN)C2. The molecule has 4 heteroatoms. The Morgan fingerprint density at radius 2 is 2.10 bits per heavy atom. The molecule has 0 aliphatic carbocycles. The Morgan fingerprint density at radius 1 is 1.30 bits per heavy atom. The molecule has 100 valence electrons. The van der Waals surface area contributed by atoms with Crippen molar-refractivity contribution in [2.75, 3.05) is 6.54 Å². The summed E-state index contributed by atoms with van der Waals surface area (Å²) < 4.78 is 5.90. The Bertz CT molecular complexity index is 706. The number of ether oxygens (including phenoxy) is 1. The smallest absolute Gasteiger partial charge is 0.131 e. The Labute approximate surface area is 122 Å². The van der Waals surface area contributed by atoms with Crippen LogP contribution < -0.4 is 10.5 Å². The summed E-state index contributed by atoms with van der Waals surface area (Å²) in [7, 11) is 0. The van der Waals surface area contributed by atoms with E-state index in [4.69, 9.17) is 22.1 Å². The van der Waals surface area contributed by atoms with E-state index in [0.29, 0.717) is 17.1 Å². The molecule has 3 rings (SSSR count). The van der Waals surface area contributed by atoms with Crippen LogP contribution >= 0.6 is 11.6 Å². The highest BCUT2D eigenvalue weighted by Crippen LogP contribution is 2.41. The maximum absolute atomic E-state index is 9.18. The van der Waals surface area contributed by atoms with Gasteiger partial charge in [-0.1, -0.05) is 29.8 Å². The van der Waals surface area contributed by atoms with Crippen LogP contribution in [-0.4, -0.2) is 12.6 Å². The van der Waals surface area contributed by atoms with Gasteiger partial charge < -0.3 is 10.5 Å². The molecule has 1 atom stereocenters. The van der Waals surface area contributed by atoms with Gasteiger partial charge in [-0.05, 0) is 23.8 Å². The number of hydrogen-bond acceptors (Lipinski definition) is 3. The van der Waals surface area contributed by atoms with Crippen molar-refractivity contribution in [3.05, 3.63) is 52.5 Å². The van der Waals surface area contributed by atoms with Crippen LogP contribution in [0.5, 0.6) is 5.75 Å². The first-order valence-corrected chi connectivity index (χ1v) is 6.79. The molecule has 2 N–H and O–H groups in total. The van der Waals surface area contributed by atoms with Gasteiger partial charge in [-0.25, -0.2) is 0 Å². The largest absolute Gasteiger partial charge is 0.488 e. The van der Waals surface area contributed by atoms with Crippen LogP contribution in [0.4, 0.5) is 0 Å². The summed E-state index contributed by atoms with van der Waals surface area (Å²) in [6, 6.07) is 13.4. The lowest BCUT2D eigenvalue weighted by Crippen LogP contribution is -2.24. The second-order valence-electron chi connectivity index (χ2n) is 4.78. The van der Waals surface area contributed by atoms with Crippen LogP contribution in [0.1, 0.15) is 11.1 Å². The summed E-state index contributed by atoms with van der Waals surface area (Å²) in [6.45, 7) is 0.457. The quantitative estimate of drug-likeness (QED) is 0.921. The third-order valence-corrected chi connectivity index (χ3v) is 3.78. The van der Waals surface area contributed by atoms with E-state index in [-0.39, 0.29) is 6.10 Å². The summed E-state index contributed by atoms with van der Waals surface area (Å²) in [5.74, 6) is 0.799. The van der Waals surface area contributed by atoms with E-state index < -0.39 is 0 Å². The summed E-state index contributed by atoms with van der Waals surface area (Å²) >= 11 is 6.26. The van der Waals surface area contributed by atoms with E-state index in [1.807, 2.05) is 36.4 Å². The molecular formula is C16H13ClN2O. The third kappa shape index (κ3) is 2.14. The summed E-state index contributed by atoms with van der Waals surface area (Å²) in [5.41, 5.74) is 9.06. The fourth-order valence-electron chi connectivity index (χ4n) is 2.51. The first-order chi connectivity index (χ1) is 9.72. The molecule has 3 nitrogen and oxygen atoms in total. The predicted molar refractivity (Wildman–Crippen MR) is 78.8 cm³/mol. The molecule has 0 radical (unpaired) electrons. The van der Waals surface area contributed by atoms with Crippen molar-refractivity contribution in [1.29, 1.82) is 5.26 Å². The monoisotopic (exact) mass is 284 g/mol. The molecule has 20 heavy (non-hydrogen) atoms. The van der Waals surface area contributed by atoms with Crippen LogP contribution in [0, 0.1) is 11.3 Å². The maximum Gasteiger partial charge on any atom is 0.131 e. The number of nitrogens with zero attached hydrogens (tertiary/aromatic N) is 1. The minimum atomic E-state index is -0.0276. The highest BCUT2D eigenvalue weighted by atomic mass is 35.5. The van der Waals surface area contributed by atoms with Gasteiger partial charge in [0.15, 0.2) is 0 Å². The molecular weight excluding hydrogens is 272 g/mol. The van der Waals surface area contributed by atoms with Gasteiger partial charge in [0.1, 0.15) is 11.9 Å². The van der Waals surface area contributed by atoms with Crippen molar-refractivity contribution >= 4 is 11.6 Å². The minimum absolute atomic E-state index is 0.0276. The first kappa shape index (κ1) is 13.0. The van der Waals surface area contributed by atoms with Gasteiger partial charge in [-0.3, -0.25) is 0 Å². The molecule has 0 aromatic heterocycles. The van der Waals surface area contributed by atoms with Crippen molar-refractivity contribution in [2.24, 2.45) is 5.73 Å². The highest BCUT2D eigenvalue weighted by molar-refractivity contribution is 6.33.